The van der Waals surface area contributed by atoms with Crippen molar-refractivity contribution in [2.75, 3.05) is 46.4 Å². The molecule has 2 saturated heterocycles. The summed E-state index contributed by atoms with van der Waals surface area (Å²) >= 11 is 1.40. The molecule has 0 aromatic carbocycles. The number of nitrogens with one attached hydrogen (secondary N) is 3. The van der Waals surface area contributed by atoms with Gasteiger partial charge in [0.25, 0.3) is 0 Å². The summed E-state index contributed by atoms with van der Waals surface area (Å²) < 4.78 is 0. The predicted molar refractivity (Wildman–Crippen MR) is 130 cm³/mol. The summed E-state index contributed by atoms with van der Waals surface area (Å²) in [4.78, 5) is 53.5. The molecule has 13 heteroatoms. The number of aliphatic hydroxyl groups is 1. The average Bonchev–Trinajstić information content (AvgIpc) is 3.35. The maximum Gasteiger partial charge on any atom is 0.353 e. The van der Waals surface area contributed by atoms with E-state index in [2.05, 4.69) is 16.0 Å². The van der Waals surface area contributed by atoms with Gasteiger partial charge in [0.2, 0.25) is 17.7 Å². The highest BCUT2D eigenvalue weighted by Gasteiger charge is 2.60. The lowest BCUT2D eigenvalue weighted by Gasteiger charge is -2.47. The first-order chi connectivity index (χ1) is 16.7. The third-order valence-electron chi connectivity index (χ3n) is 6.82. The van der Waals surface area contributed by atoms with Gasteiger partial charge in [-0.3, -0.25) is 14.4 Å². The Morgan fingerprint density at radius 1 is 1.34 bits per heavy atom. The van der Waals surface area contributed by atoms with E-state index < -0.39 is 24.0 Å². The van der Waals surface area contributed by atoms with Gasteiger partial charge >= 0.3 is 5.97 Å². The molecule has 35 heavy (non-hydrogen) atoms. The first-order valence-electron chi connectivity index (χ1n) is 11.9. The highest BCUT2D eigenvalue weighted by Crippen LogP contribution is 2.51. The number of rotatable bonds is 12. The number of aliphatic carboxylic acids is 1. The van der Waals surface area contributed by atoms with Gasteiger partial charge in [0.1, 0.15) is 5.70 Å². The average molecular weight is 513 g/mol. The molecule has 0 radical (unpaired) electrons. The van der Waals surface area contributed by atoms with E-state index in [0.29, 0.717) is 31.0 Å². The van der Waals surface area contributed by atoms with Crippen LogP contribution in [0, 0.1) is 11.8 Å². The van der Waals surface area contributed by atoms with Crippen molar-refractivity contribution >= 4 is 35.5 Å². The summed E-state index contributed by atoms with van der Waals surface area (Å²) in [6.45, 7) is 5.02. The van der Waals surface area contributed by atoms with Crippen LogP contribution in [0.25, 0.3) is 0 Å². The number of fused-ring (bicyclic) bond motifs is 1. The topological polar surface area (TPSA) is 177 Å². The highest BCUT2D eigenvalue weighted by molar-refractivity contribution is 8.03. The van der Waals surface area contributed by atoms with Gasteiger partial charge in [-0.25, -0.2) is 4.79 Å². The number of likely N-dealkylation sites (N-methyl/N-ethyl adjacent to an activating group) is 1. The normalized spacial score (nSPS) is 28.5. The first-order valence-corrected chi connectivity index (χ1v) is 12.8. The van der Waals surface area contributed by atoms with E-state index >= 15 is 0 Å². The van der Waals surface area contributed by atoms with Gasteiger partial charge in [0.15, 0.2) is 0 Å². The highest BCUT2D eigenvalue weighted by atomic mass is 32.2. The van der Waals surface area contributed by atoms with Crippen molar-refractivity contribution in [3.63, 3.8) is 0 Å². The van der Waals surface area contributed by atoms with Crippen LogP contribution in [-0.2, 0) is 19.2 Å². The summed E-state index contributed by atoms with van der Waals surface area (Å²) in [5.74, 6) is -2.53. The molecule has 3 aliphatic rings. The predicted octanol–water partition coefficient (Wildman–Crippen LogP) is -2.27. The number of carbonyl (C=O) groups is 4. The Bertz CT molecular complexity index is 878. The number of nitrogens with zero attached hydrogens (tertiary/aromatic N) is 2. The van der Waals surface area contributed by atoms with Crippen LogP contribution in [0.5, 0.6) is 0 Å². The van der Waals surface area contributed by atoms with Crippen LogP contribution in [0.4, 0.5) is 0 Å². The number of thioether (sulfide) groups is 1. The van der Waals surface area contributed by atoms with E-state index in [1.54, 1.807) is 14.0 Å². The second-order valence-corrected chi connectivity index (χ2v) is 10.5. The lowest BCUT2D eigenvalue weighted by atomic mass is 9.78. The number of carboxylic acid groups (broad SMARTS) is 1. The van der Waals surface area contributed by atoms with Crippen LogP contribution in [0.15, 0.2) is 10.6 Å². The molecule has 6 atom stereocenters. The monoisotopic (exact) mass is 512 g/mol. The van der Waals surface area contributed by atoms with E-state index in [1.165, 1.54) is 21.6 Å². The molecule has 12 nitrogen and oxygen atoms in total. The van der Waals surface area contributed by atoms with Gasteiger partial charge in [-0.15, -0.1) is 11.8 Å². The number of carboxylic acids is 1. The fourth-order valence-electron chi connectivity index (χ4n) is 5.24. The lowest BCUT2D eigenvalue weighted by Crippen LogP contribution is -2.66. The van der Waals surface area contributed by atoms with Crippen molar-refractivity contribution in [3.05, 3.63) is 10.6 Å². The van der Waals surface area contributed by atoms with Gasteiger partial charge in [0, 0.05) is 48.3 Å². The van der Waals surface area contributed by atoms with Crippen LogP contribution in [0.3, 0.4) is 0 Å². The zero-order valence-corrected chi connectivity index (χ0v) is 21.1. The van der Waals surface area contributed by atoms with E-state index in [9.17, 15) is 29.4 Å². The number of nitrogens with two attached hydrogens (primary N) is 1. The molecule has 0 bridgehead atoms. The third kappa shape index (κ3) is 5.48. The number of hydrogen-bond donors (Lipinski definition) is 6. The molecule has 3 heterocycles. The standard InChI is InChI=1S/C22H36N6O6S/c1-11-17-16(12(2)26-15(30)10-24-3)21(32)28(17)18(22(33)34)19(11)35-13-8-14(25-9-13)20(31)27(5-4-23)6-7-29/h11-14,16-17,24-25,29H,4-10,23H2,1-3H3,(H,26,30)(H,33,34)/t11-,12?,13+,14+,16-,17-/m1/s1. The molecule has 2 fully saturated rings. The molecule has 0 aromatic rings. The molecule has 0 saturated carbocycles. The summed E-state index contributed by atoms with van der Waals surface area (Å²) in [7, 11) is 1.66. The van der Waals surface area contributed by atoms with Gasteiger partial charge in [-0.1, -0.05) is 6.92 Å². The Morgan fingerprint density at radius 3 is 2.66 bits per heavy atom. The molecule has 3 amide bonds. The van der Waals surface area contributed by atoms with E-state index in [1.807, 2.05) is 6.92 Å². The van der Waals surface area contributed by atoms with E-state index in [-0.39, 0.29) is 60.3 Å². The molecule has 3 rings (SSSR count). The Labute approximate surface area is 209 Å². The van der Waals surface area contributed by atoms with Crippen molar-refractivity contribution in [2.45, 2.75) is 43.6 Å². The lowest BCUT2D eigenvalue weighted by molar-refractivity contribution is -0.158. The number of hydrogen-bond acceptors (Lipinski definition) is 9. The Morgan fingerprint density at radius 2 is 2.06 bits per heavy atom. The van der Waals surface area contributed by atoms with Gasteiger partial charge in [-0.2, -0.15) is 0 Å². The minimum atomic E-state index is -1.16. The molecule has 1 unspecified atom stereocenters. The maximum absolute atomic E-state index is 13.0. The molecular formula is C22H36N6O6S. The fraction of sp³-hybridized carbons (Fsp3) is 0.727. The number of β-lactam (4-membered cyclic amide) rings is 1. The number of aliphatic hydroxyl groups excluding tert-OH is 1. The smallest absolute Gasteiger partial charge is 0.353 e. The van der Waals surface area contributed by atoms with Crippen molar-refractivity contribution in [2.24, 2.45) is 17.6 Å². The zero-order chi connectivity index (χ0) is 25.9. The summed E-state index contributed by atoms with van der Waals surface area (Å²) in [6.07, 6.45) is 0.498. The van der Waals surface area contributed by atoms with Crippen molar-refractivity contribution < 1.29 is 29.4 Å². The molecule has 0 spiro atoms. The van der Waals surface area contributed by atoms with Crippen LogP contribution < -0.4 is 21.7 Å². The first kappa shape index (κ1) is 27.4. The van der Waals surface area contributed by atoms with Gasteiger partial charge in [-0.05, 0) is 20.4 Å². The third-order valence-corrected chi connectivity index (χ3v) is 8.33. The number of carbonyl (C=O) groups excluding carboxylic acids is 3. The van der Waals surface area contributed by atoms with Crippen LogP contribution >= 0.6 is 11.8 Å². The molecule has 7 N–H and O–H groups in total. The van der Waals surface area contributed by atoms with Crippen molar-refractivity contribution in [1.29, 1.82) is 0 Å². The Hall–Kier alpha value is -2.19. The SMILES string of the molecule is CNCC(=O)NC(C)[C@H]1C(=O)N2C(C(=O)O)=C(S[C@@H]3CN[C@H](C(=O)N(CCN)CCO)C3)[C@H](C)[C@H]12. The van der Waals surface area contributed by atoms with Crippen molar-refractivity contribution in [3.8, 4) is 0 Å². The Kier molecular flexibility index (Phi) is 9.16. The molecular weight excluding hydrogens is 476 g/mol. The molecule has 0 aromatic heterocycles. The van der Waals surface area contributed by atoms with E-state index in [0.717, 1.165) is 0 Å². The largest absolute Gasteiger partial charge is 0.477 e. The van der Waals surface area contributed by atoms with Crippen LogP contribution in [-0.4, -0.2) is 113 Å². The molecule has 196 valence electrons. The summed E-state index contributed by atoms with van der Waals surface area (Å²) in [6, 6.07) is -1.20. The van der Waals surface area contributed by atoms with Gasteiger partial charge in [0.05, 0.1) is 31.2 Å². The maximum atomic E-state index is 13.0. The second kappa shape index (κ2) is 11.7. The van der Waals surface area contributed by atoms with Crippen molar-refractivity contribution in [1.82, 2.24) is 25.8 Å². The second-order valence-electron chi connectivity index (χ2n) is 9.19. The fourth-order valence-corrected chi connectivity index (χ4v) is 6.72. The minimum Gasteiger partial charge on any atom is -0.477 e. The molecule has 0 aliphatic carbocycles. The van der Waals surface area contributed by atoms with Crippen LogP contribution in [0.2, 0.25) is 0 Å². The summed E-state index contributed by atoms with van der Waals surface area (Å²) in [5.41, 5.74) is 5.59. The Balaban J connectivity index is 1.70. The summed E-state index contributed by atoms with van der Waals surface area (Å²) in [5, 5.41) is 27.9. The molecule has 3 aliphatic heterocycles. The minimum absolute atomic E-state index is 0.00215. The van der Waals surface area contributed by atoms with E-state index in [4.69, 9.17) is 5.73 Å². The quantitative estimate of drug-likeness (QED) is 0.156. The zero-order valence-electron chi connectivity index (χ0n) is 20.3. The van der Waals surface area contributed by atoms with Gasteiger partial charge < -0.3 is 41.7 Å². The number of amides is 3. The van der Waals surface area contributed by atoms with Crippen LogP contribution in [0.1, 0.15) is 20.3 Å².